The number of carbonyl (C=O) groups excluding carboxylic acids is 2. The predicted octanol–water partition coefficient (Wildman–Crippen LogP) is 1.45. The topological polar surface area (TPSA) is 53.2 Å². The number of aldehydes is 1. The van der Waals surface area contributed by atoms with E-state index in [4.69, 9.17) is 0 Å². The molecule has 0 spiro atoms. The average Bonchev–Trinajstić information content (AvgIpc) is 2.78. The predicted molar refractivity (Wildman–Crippen MR) is 55.9 cm³/mol. The third-order valence-electron chi connectivity index (χ3n) is 2.71. The van der Waals surface area contributed by atoms with E-state index in [2.05, 4.69) is 4.98 Å². The van der Waals surface area contributed by atoms with E-state index >= 15 is 0 Å². The lowest BCUT2D eigenvalue weighted by Gasteiger charge is -2.26. The number of H-pyrrole nitrogens is 1. The Morgan fingerprint density at radius 2 is 2.00 bits per heavy atom. The number of aromatic amines is 1. The van der Waals surface area contributed by atoms with Crippen LogP contribution in [0.2, 0.25) is 0 Å². The van der Waals surface area contributed by atoms with Crippen LogP contribution >= 0.6 is 0 Å². The Kier molecular flexibility index (Phi) is 2.85. The van der Waals surface area contributed by atoms with Crippen LogP contribution in [0.3, 0.4) is 0 Å². The Labute approximate surface area is 88.3 Å². The summed E-state index contributed by atoms with van der Waals surface area (Å²) in [4.78, 5) is 27.0. The fourth-order valence-electron chi connectivity index (χ4n) is 1.87. The molecule has 2 rings (SSSR count). The molecule has 1 aliphatic heterocycles. The minimum atomic E-state index is 0.00259. The van der Waals surface area contributed by atoms with E-state index in [1.165, 1.54) is 6.42 Å². The molecule has 1 amide bonds. The van der Waals surface area contributed by atoms with Crippen molar-refractivity contribution in [1.29, 1.82) is 0 Å². The monoisotopic (exact) mass is 206 g/mol. The van der Waals surface area contributed by atoms with Crippen LogP contribution in [0.5, 0.6) is 0 Å². The van der Waals surface area contributed by atoms with Crippen LogP contribution in [0.4, 0.5) is 0 Å². The van der Waals surface area contributed by atoms with Crippen LogP contribution in [0.25, 0.3) is 0 Å². The van der Waals surface area contributed by atoms with E-state index in [1.54, 1.807) is 12.1 Å². The number of hydrogen-bond acceptors (Lipinski definition) is 2. The highest BCUT2D eigenvalue weighted by Gasteiger charge is 2.18. The normalized spacial score (nSPS) is 16.4. The maximum atomic E-state index is 11.9. The standard InChI is InChI=1S/C11H14N2O2/c14-8-9-4-5-10(12-9)11(15)13-6-2-1-3-7-13/h4-5,8,12H,1-3,6-7H2. The molecule has 0 unspecified atom stereocenters. The molecule has 1 aliphatic rings. The van der Waals surface area contributed by atoms with Gasteiger partial charge in [-0.2, -0.15) is 0 Å². The fourth-order valence-corrected chi connectivity index (χ4v) is 1.87. The summed E-state index contributed by atoms with van der Waals surface area (Å²) < 4.78 is 0. The molecule has 80 valence electrons. The minimum absolute atomic E-state index is 0.00259. The number of nitrogens with one attached hydrogen (secondary N) is 1. The minimum Gasteiger partial charge on any atom is -0.348 e. The number of likely N-dealkylation sites (tertiary alicyclic amines) is 1. The number of hydrogen-bond donors (Lipinski definition) is 1. The summed E-state index contributed by atoms with van der Waals surface area (Å²) in [7, 11) is 0. The van der Waals surface area contributed by atoms with Crippen molar-refractivity contribution in [3.05, 3.63) is 23.5 Å². The van der Waals surface area contributed by atoms with Crippen molar-refractivity contribution in [3.63, 3.8) is 0 Å². The van der Waals surface area contributed by atoms with Crippen molar-refractivity contribution in [2.24, 2.45) is 0 Å². The van der Waals surface area contributed by atoms with Crippen molar-refractivity contribution in [1.82, 2.24) is 9.88 Å². The molecule has 15 heavy (non-hydrogen) atoms. The lowest BCUT2D eigenvalue weighted by Crippen LogP contribution is -2.35. The largest absolute Gasteiger partial charge is 0.348 e. The molecule has 1 fully saturated rings. The van der Waals surface area contributed by atoms with Crippen LogP contribution < -0.4 is 0 Å². The highest BCUT2D eigenvalue weighted by Crippen LogP contribution is 2.12. The van der Waals surface area contributed by atoms with Gasteiger partial charge in [0.05, 0.1) is 5.69 Å². The van der Waals surface area contributed by atoms with E-state index in [9.17, 15) is 9.59 Å². The Balaban J connectivity index is 2.08. The van der Waals surface area contributed by atoms with E-state index in [0.717, 1.165) is 25.9 Å². The Hall–Kier alpha value is -1.58. The van der Waals surface area contributed by atoms with Gasteiger partial charge in [-0.3, -0.25) is 9.59 Å². The number of piperidine rings is 1. The molecular formula is C11H14N2O2. The summed E-state index contributed by atoms with van der Waals surface area (Å²) in [5.74, 6) is 0.00259. The Morgan fingerprint density at radius 3 is 2.60 bits per heavy atom. The first kappa shape index (κ1) is 9.96. The van der Waals surface area contributed by atoms with E-state index in [1.807, 2.05) is 4.90 Å². The maximum Gasteiger partial charge on any atom is 0.270 e. The molecule has 1 aromatic rings. The molecule has 2 heterocycles. The summed E-state index contributed by atoms with van der Waals surface area (Å²) in [5.41, 5.74) is 0.967. The molecule has 1 N–H and O–H groups in total. The van der Waals surface area contributed by atoms with Gasteiger partial charge in [-0.15, -0.1) is 0 Å². The summed E-state index contributed by atoms with van der Waals surface area (Å²) >= 11 is 0. The van der Waals surface area contributed by atoms with Crippen molar-refractivity contribution in [3.8, 4) is 0 Å². The molecule has 0 atom stereocenters. The van der Waals surface area contributed by atoms with Crippen LogP contribution in [-0.4, -0.2) is 35.2 Å². The van der Waals surface area contributed by atoms with Crippen LogP contribution in [0, 0.1) is 0 Å². The molecule has 0 radical (unpaired) electrons. The van der Waals surface area contributed by atoms with Gasteiger partial charge < -0.3 is 9.88 Å². The Bertz CT molecular complexity index is 364. The molecule has 4 nitrogen and oxygen atoms in total. The second kappa shape index (κ2) is 4.29. The van der Waals surface area contributed by atoms with Gasteiger partial charge in [-0.1, -0.05) is 0 Å². The molecule has 1 aromatic heterocycles. The van der Waals surface area contributed by atoms with Gasteiger partial charge in [0.2, 0.25) is 0 Å². The van der Waals surface area contributed by atoms with Crippen molar-refractivity contribution >= 4 is 12.2 Å². The summed E-state index contributed by atoms with van der Waals surface area (Å²) in [6.07, 6.45) is 4.07. The second-order valence-corrected chi connectivity index (χ2v) is 3.80. The molecule has 0 saturated carbocycles. The number of rotatable bonds is 2. The molecule has 0 bridgehead atoms. The molecule has 4 heteroatoms. The molecular weight excluding hydrogens is 192 g/mol. The number of carbonyl (C=O) groups is 2. The van der Waals surface area contributed by atoms with Gasteiger partial charge in [-0.05, 0) is 31.4 Å². The van der Waals surface area contributed by atoms with E-state index in [-0.39, 0.29) is 5.91 Å². The second-order valence-electron chi connectivity index (χ2n) is 3.80. The lowest BCUT2D eigenvalue weighted by molar-refractivity contribution is 0.0719. The van der Waals surface area contributed by atoms with Gasteiger partial charge in [-0.25, -0.2) is 0 Å². The van der Waals surface area contributed by atoms with E-state index in [0.29, 0.717) is 17.7 Å². The zero-order valence-electron chi connectivity index (χ0n) is 8.53. The van der Waals surface area contributed by atoms with Gasteiger partial charge >= 0.3 is 0 Å². The zero-order chi connectivity index (χ0) is 10.7. The molecule has 1 saturated heterocycles. The number of aromatic nitrogens is 1. The van der Waals surface area contributed by atoms with E-state index < -0.39 is 0 Å². The third-order valence-corrected chi connectivity index (χ3v) is 2.71. The molecule has 0 aromatic carbocycles. The van der Waals surface area contributed by atoms with Crippen LogP contribution in [0.1, 0.15) is 40.2 Å². The number of amides is 1. The zero-order valence-corrected chi connectivity index (χ0v) is 8.53. The smallest absolute Gasteiger partial charge is 0.270 e. The van der Waals surface area contributed by atoms with Gasteiger partial charge in [0.15, 0.2) is 6.29 Å². The Morgan fingerprint density at radius 1 is 1.27 bits per heavy atom. The summed E-state index contributed by atoms with van der Waals surface area (Å²) in [6, 6.07) is 3.30. The van der Waals surface area contributed by atoms with Crippen molar-refractivity contribution in [2.45, 2.75) is 19.3 Å². The third kappa shape index (κ3) is 2.09. The highest BCUT2D eigenvalue weighted by molar-refractivity contribution is 5.93. The lowest BCUT2D eigenvalue weighted by atomic mass is 10.1. The fraction of sp³-hybridized carbons (Fsp3) is 0.455. The SMILES string of the molecule is O=Cc1ccc(C(=O)N2CCCCC2)[nH]1. The van der Waals surface area contributed by atoms with Crippen LogP contribution in [0.15, 0.2) is 12.1 Å². The molecule has 0 aliphatic carbocycles. The quantitative estimate of drug-likeness (QED) is 0.745. The van der Waals surface area contributed by atoms with Crippen LogP contribution in [-0.2, 0) is 0 Å². The summed E-state index contributed by atoms with van der Waals surface area (Å²) in [5, 5.41) is 0. The van der Waals surface area contributed by atoms with Gasteiger partial charge in [0.25, 0.3) is 5.91 Å². The first-order chi connectivity index (χ1) is 7.31. The maximum absolute atomic E-state index is 11.9. The number of nitrogens with zero attached hydrogens (tertiary/aromatic N) is 1. The highest BCUT2D eigenvalue weighted by atomic mass is 16.2. The van der Waals surface area contributed by atoms with Gasteiger partial charge in [0, 0.05) is 13.1 Å². The van der Waals surface area contributed by atoms with Crippen molar-refractivity contribution in [2.75, 3.05) is 13.1 Å². The van der Waals surface area contributed by atoms with Crippen molar-refractivity contribution < 1.29 is 9.59 Å². The average molecular weight is 206 g/mol. The summed E-state index contributed by atoms with van der Waals surface area (Å²) in [6.45, 7) is 1.66. The first-order valence-electron chi connectivity index (χ1n) is 5.25. The van der Waals surface area contributed by atoms with Gasteiger partial charge in [0.1, 0.15) is 5.69 Å². The first-order valence-corrected chi connectivity index (χ1v) is 5.25.